The Bertz CT molecular complexity index is 1420. The highest BCUT2D eigenvalue weighted by molar-refractivity contribution is 7.92. The number of nitrogens with zero attached hydrogens (tertiary/aromatic N) is 2. The molecule has 0 fully saturated rings. The van der Waals surface area contributed by atoms with Gasteiger partial charge in [0.15, 0.2) is 23.1 Å². The number of rotatable bonds is 10. The van der Waals surface area contributed by atoms with Crippen LogP contribution in [-0.2, 0) is 10.0 Å². The zero-order chi connectivity index (χ0) is 25.7. The zero-order valence-corrected chi connectivity index (χ0v) is 21.0. The molecular formula is C23H22FN5O5S2. The van der Waals surface area contributed by atoms with Crippen LogP contribution in [-0.4, -0.2) is 39.7 Å². The van der Waals surface area contributed by atoms with Gasteiger partial charge in [0, 0.05) is 34.6 Å². The molecule has 3 N–H and O–H groups in total. The van der Waals surface area contributed by atoms with Gasteiger partial charge < -0.3 is 24.8 Å². The van der Waals surface area contributed by atoms with Crippen molar-refractivity contribution in [2.75, 3.05) is 36.7 Å². The van der Waals surface area contributed by atoms with Crippen molar-refractivity contribution in [1.29, 1.82) is 0 Å². The quantitative estimate of drug-likeness (QED) is 0.260. The van der Waals surface area contributed by atoms with E-state index in [1.54, 1.807) is 47.2 Å². The SMILES string of the molecule is COc1cc(Nc2ncc(F)c(Nc3ccc(NS(=O)(=O)c4ccsc4)cc3)n2)cc(OC)c1OC. The number of thiophene rings is 1. The van der Waals surface area contributed by atoms with E-state index in [1.807, 2.05) is 0 Å². The summed E-state index contributed by atoms with van der Waals surface area (Å²) in [7, 11) is 0.818. The number of anilines is 5. The molecule has 0 spiro atoms. The highest BCUT2D eigenvalue weighted by atomic mass is 32.2. The highest BCUT2D eigenvalue weighted by Crippen LogP contribution is 2.40. The standard InChI is InChI=1S/C23H22FN5O5S2/c1-32-19-10-16(11-20(33-2)21(19)34-3)27-23-25-12-18(24)22(28-23)26-14-4-6-15(7-5-14)29-36(30,31)17-8-9-35-13-17/h4-13,29H,1-3H3,(H2,25,26,27,28). The zero-order valence-electron chi connectivity index (χ0n) is 19.4. The second kappa shape index (κ2) is 10.7. The van der Waals surface area contributed by atoms with Gasteiger partial charge in [-0.1, -0.05) is 0 Å². The molecule has 2 heterocycles. The topological polar surface area (TPSA) is 124 Å². The van der Waals surface area contributed by atoms with Crippen LogP contribution in [0.5, 0.6) is 17.2 Å². The maximum atomic E-state index is 14.4. The van der Waals surface area contributed by atoms with Gasteiger partial charge in [-0.2, -0.15) is 16.3 Å². The monoisotopic (exact) mass is 531 g/mol. The summed E-state index contributed by atoms with van der Waals surface area (Å²) >= 11 is 1.29. The molecule has 0 amide bonds. The number of ether oxygens (including phenoxy) is 3. The number of nitrogens with one attached hydrogen (secondary N) is 3. The fraction of sp³-hybridized carbons (Fsp3) is 0.130. The Labute approximate surface area is 211 Å². The van der Waals surface area contributed by atoms with Crippen LogP contribution in [0, 0.1) is 5.82 Å². The molecule has 13 heteroatoms. The van der Waals surface area contributed by atoms with E-state index in [-0.39, 0.29) is 16.7 Å². The number of aromatic nitrogens is 2. The lowest BCUT2D eigenvalue weighted by molar-refractivity contribution is 0.324. The van der Waals surface area contributed by atoms with Crippen molar-refractivity contribution in [3.05, 3.63) is 65.2 Å². The molecule has 0 aliphatic rings. The van der Waals surface area contributed by atoms with E-state index in [2.05, 4.69) is 25.3 Å². The maximum absolute atomic E-state index is 14.4. The predicted molar refractivity (Wildman–Crippen MR) is 136 cm³/mol. The normalized spacial score (nSPS) is 11.0. The molecule has 188 valence electrons. The van der Waals surface area contributed by atoms with Crippen molar-refractivity contribution in [2.24, 2.45) is 0 Å². The largest absolute Gasteiger partial charge is 0.493 e. The number of benzene rings is 2. The van der Waals surface area contributed by atoms with Gasteiger partial charge in [-0.25, -0.2) is 17.8 Å². The summed E-state index contributed by atoms with van der Waals surface area (Å²) < 4.78 is 57.7. The molecule has 0 saturated heterocycles. The molecule has 0 radical (unpaired) electrons. The fourth-order valence-electron chi connectivity index (χ4n) is 3.17. The van der Waals surface area contributed by atoms with Gasteiger partial charge in [0.1, 0.15) is 0 Å². The third kappa shape index (κ3) is 5.58. The van der Waals surface area contributed by atoms with Crippen molar-refractivity contribution in [3.63, 3.8) is 0 Å². The molecule has 2 aromatic carbocycles. The van der Waals surface area contributed by atoms with E-state index in [9.17, 15) is 12.8 Å². The van der Waals surface area contributed by atoms with Gasteiger partial charge in [-0.15, -0.1) is 0 Å². The van der Waals surface area contributed by atoms with Crippen molar-refractivity contribution >= 4 is 50.2 Å². The highest BCUT2D eigenvalue weighted by Gasteiger charge is 2.16. The molecule has 4 aromatic rings. The van der Waals surface area contributed by atoms with Crippen LogP contribution in [0.15, 0.2) is 64.3 Å². The first-order valence-corrected chi connectivity index (χ1v) is 12.8. The second-order valence-electron chi connectivity index (χ2n) is 7.20. The summed E-state index contributed by atoms with van der Waals surface area (Å²) in [5.74, 6) is 0.644. The lowest BCUT2D eigenvalue weighted by atomic mass is 10.2. The number of sulfonamides is 1. The molecule has 10 nitrogen and oxygen atoms in total. The van der Waals surface area contributed by atoms with E-state index < -0.39 is 15.8 Å². The summed E-state index contributed by atoms with van der Waals surface area (Å²) in [6, 6.07) is 11.2. The van der Waals surface area contributed by atoms with Crippen molar-refractivity contribution < 1.29 is 27.0 Å². The predicted octanol–water partition coefficient (Wildman–Crippen LogP) is 4.99. The van der Waals surface area contributed by atoms with Gasteiger partial charge in [0.25, 0.3) is 10.0 Å². The Kier molecular flexibility index (Phi) is 7.41. The van der Waals surface area contributed by atoms with Crippen molar-refractivity contribution in [2.45, 2.75) is 4.90 Å². The molecule has 0 aliphatic heterocycles. The molecule has 0 bridgehead atoms. The van der Waals surface area contributed by atoms with E-state index in [4.69, 9.17) is 14.2 Å². The maximum Gasteiger partial charge on any atom is 0.262 e. The first-order valence-electron chi connectivity index (χ1n) is 10.3. The summed E-state index contributed by atoms with van der Waals surface area (Å²) in [4.78, 5) is 8.37. The lowest BCUT2D eigenvalue weighted by Crippen LogP contribution is -2.11. The minimum absolute atomic E-state index is 0.0773. The first-order chi connectivity index (χ1) is 17.3. The van der Waals surface area contributed by atoms with E-state index >= 15 is 0 Å². The van der Waals surface area contributed by atoms with Gasteiger partial charge in [-0.3, -0.25) is 4.72 Å². The lowest BCUT2D eigenvalue weighted by Gasteiger charge is -2.15. The van der Waals surface area contributed by atoms with Crippen molar-refractivity contribution in [1.82, 2.24) is 9.97 Å². The molecule has 2 aromatic heterocycles. The van der Waals surface area contributed by atoms with Crippen molar-refractivity contribution in [3.8, 4) is 17.2 Å². The molecular weight excluding hydrogens is 509 g/mol. The fourth-order valence-corrected chi connectivity index (χ4v) is 5.26. The Morgan fingerprint density at radius 3 is 2.14 bits per heavy atom. The van der Waals surface area contributed by atoms with Crippen LogP contribution in [0.1, 0.15) is 0 Å². The van der Waals surface area contributed by atoms with Crippen LogP contribution < -0.4 is 29.6 Å². The Morgan fingerprint density at radius 2 is 1.56 bits per heavy atom. The Morgan fingerprint density at radius 1 is 0.889 bits per heavy atom. The van der Waals surface area contributed by atoms with Gasteiger partial charge in [0.05, 0.1) is 32.4 Å². The van der Waals surface area contributed by atoms with Gasteiger partial charge in [-0.05, 0) is 35.7 Å². The molecule has 0 unspecified atom stereocenters. The average Bonchev–Trinajstić information content (AvgIpc) is 3.43. The molecule has 0 atom stereocenters. The smallest absolute Gasteiger partial charge is 0.262 e. The van der Waals surface area contributed by atoms with Gasteiger partial charge in [0.2, 0.25) is 11.7 Å². The van der Waals surface area contributed by atoms with Crippen LogP contribution >= 0.6 is 11.3 Å². The second-order valence-corrected chi connectivity index (χ2v) is 9.66. The number of halogens is 1. The summed E-state index contributed by atoms with van der Waals surface area (Å²) in [6.45, 7) is 0. The average molecular weight is 532 g/mol. The van der Waals surface area contributed by atoms with E-state index in [0.29, 0.717) is 34.3 Å². The number of hydrogen-bond donors (Lipinski definition) is 3. The van der Waals surface area contributed by atoms with Crippen LogP contribution in [0.3, 0.4) is 0 Å². The van der Waals surface area contributed by atoms with Crippen LogP contribution in [0.4, 0.5) is 33.2 Å². The summed E-state index contributed by atoms with van der Waals surface area (Å²) in [6.07, 6.45) is 1.03. The third-order valence-electron chi connectivity index (χ3n) is 4.87. The summed E-state index contributed by atoms with van der Waals surface area (Å²) in [5, 5.41) is 9.08. The minimum atomic E-state index is -3.67. The Hall–Kier alpha value is -4.10. The van der Waals surface area contributed by atoms with E-state index in [0.717, 1.165) is 6.20 Å². The van der Waals surface area contributed by atoms with Crippen LogP contribution in [0.25, 0.3) is 0 Å². The van der Waals surface area contributed by atoms with Crippen LogP contribution in [0.2, 0.25) is 0 Å². The van der Waals surface area contributed by atoms with E-state index in [1.165, 1.54) is 38.7 Å². The minimum Gasteiger partial charge on any atom is -0.493 e. The first kappa shape index (κ1) is 25.0. The number of methoxy groups -OCH3 is 3. The molecule has 0 aliphatic carbocycles. The van der Waals surface area contributed by atoms with Gasteiger partial charge >= 0.3 is 0 Å². The molecule has 4 rings (SSSR count). The summed E-state index contributed by atoms with van der Waals surface area (Å²) in [5.41, 5.74) is 1.38. The third-order valence-corrected chi connectivity index (χ3v) is 7.08. The molecule has 36 heavy (non-hydrogen) atoms. The Balaban J connectivity index is 1.50. The number of hydrogen-bond acceptors (Lipinski definition) is 10. The molecule has 0 saturated carbocycles.